The predicted octanol–water partition coefficient (Wildman–Crippen LogP) is 1.51. The molecule has 2 rings (SSSR count). The van der Waals surface area contributed by atoms with Crippen LogP contribution in [0.3, 0.4) is 0 Å². The number of hydrogen-bond donors (Lipinski definition) is 2. The monoisotopic (exact) mass is 297 g/mol. The van der Waals surface area contributed by atoms with Crippen molar-refractivity contribution in [1.29, 1.82) is 0 Å². The summed E-state index contributed by atoms with van der Waals surface area (Å²) >= 11 is 0. The molecule has 2 aliphatic heterocycles. The highest BCUT2D eigenvalue weighted by Gasteiger charge is 2.28. The number of carbonyl (C=O) groups is 2. The topological polar surface area (TPSA) is 72.9 Å². The molecule has 0 bridgehead atoms. The second kappa shape index (κ2) is 7.64. The molecule has 0 spiro atoms. The van der Waals surface area contributed by atoms with E-state index in [9.17, 15) is 9.59 Å². The van der Waals surface area contributed by atoms with Gasteiger partial charge in [-0.1, -0.05) is 0 Å². The van der Waals surface area contributed by atoms with Gasteiger partial charge in [-0.25, -0.2) is 4.79 Å². The molecular formula is C15H27N3O3. The molecule has 2 amide bonds. The van der Waals surface area contributed by atoms with E-state index in [1.807, 2.05) is 4.90 Å². The first kappa shape index (κ1) is 16.1. The lowest BCUT2D eigenvalue weighted by Gasteiger charge is -2.36. The number of carbonyl (C=O) groups excluding carboxylic acids is 1. The van der Waals surface area contributed by atoms with Crippen molar-refractivity contribution in [2.24, 2.45) is 0 Å². The van der Waals surface area contributed by atoms with Gasteiger partial charge in [-0.15, -0.1) is 0 Å². The van der Waals surface area contributed by atoms with Crippen LogP contribution in [-0.2, 0) is 4.79 Å². The number of nitrogens with zero attached hydrogens (tertiary/aromatic N) is 2. The summed E-state index contributed by atoms with van der Waals surface area (Å²) in [6.07, 6.45) is 6.05. The first-order valence-corrected chi connectivity index (χ1v) is 8.04. The third-order valence-corrected chi connectivity index (χ3v) is 4.74. The molecule has 6 heteroatoms. The average Bonchev–Trinajstić information content (AvgIpc) is 2.88. The first-order valence-electron chi connectivity index (χ1n) is 8.04. The number of likely N-dealkylation sites (tertiary alicyclic amines) is 2. The van der Waals surface area contributed by atoms with E-state index in [0.717, 1.165) is 38.8 Å². The fourth-order valence-electron chi connectivity index (χ4n) is 3.40. The van der Waals surface area contributed by atoms with Gasteiger partial charge < -0.3 is 20.2 Å². The zero-order valence-electron chi connectivity index (χ0n) is 12.9. The quantitative estimate of drug-likeness (QED) is 0.807. The third-order valence-electron chi connectivity index (χ3n) is 4.74. The number of carboxylic acid groups (broad SMARTS) is 1. The van der Waals surface area contributed by atoms with E-state index < -0.39 is 5.97 Å². The number of likely N-dealkylation sites (N-methyl/N-ethyl adjacent to an activating group) is 1. The summed E-state index contributed by atoms with van der Waals surface area (Å²) in [4.78, 5) is 27.2. The molecule has 2 atom stereocenters. The van der Waals surface area contributed by atoms with Crippen LogP contribution in [0.25, 0.3) is 0 Å². The van der Waals surface area contributed by atoms with Gasteiger partial charge in [0.15, 0.2) is 0 Å². The molecule has 0 radical (unpaired) electrons. The number of piperidine rings is 1. The van der Waals surface area contributed by atoms with Gasteiger partial charge in [0.05, 0.1) is 0 Å². The smallest absolute Gasteiger partial charge is 0.317 e. The maximum absolute atomic E-state index is 12.4. The van der Waals surface area contributed by atoms with E-state index in [1.165, 1.54) is 6.42 Å². The van der Waals surface area contributed by atoms with Crippen LogP contribution in [0.5, 0.6) is 0 Å². The van der Waals surface area contributed by atoms with Gasteiger partial charge in [0.2, 0.25) is 0 Å². The molecule has 120 valence electrons. The van der Waals surface area contributed by atoms with Crippen molar-refractivity contribution in [2.75, 3.05) is 26.7 Å². The van der Waals surface area contributed by atoms with Crippen LogP contribution in [-0.4, -0.2) is 65.7 Å². The molecule has 2 saturated heterocycles. The molecule has 2 fully saturated rings. The van der Waals surface area contributed by atoms with Crippen LogP contribution >= 0.6 is 0 Å². The highest BCUT2D eigenvalue weighted by Crippen LogP contribution is 2.21. The molecule has 2 aliphatic rings. The third kappa shape index (κ3) is 4.59. The van der Waals surface area contributed by atoms with Crippen LogP contribution in [0.1, 0.15) is 44.9 Å². The highest BCUT2D eigenvalue weighted by atomic mass is 16.4. The van der Waals surface area contributed by atoms with Crippen molar-refractivity contribution in [1.82, 2.24) is 15.1 Å². The number of rotatable bonds is 5. The van der Waals surface area contributed by atoms with Gasteiger partial charge in [0.25, 0.3) is 0 Å². The molecule has 2 unspecified atom stereocenters. The highest BCUT2D eigenvalue weighted by molar-refractivity contribution is 5.75. The van der Waals surface area contributed by atoms with Gasteiger partial charge in [-0.3, -0.25) is 4.79 Å². The molecule has 6 nitrogen and oxygen atoms in total. The van der Waals surface area contributed by atoms with Crippen molar-refractivity contribution in [3.05, 3.63) is 0 Å². The van der Waals surface area contributed by atoms with E-state index in [4.69, 9.17) is 5.11 Å². The fraction of sp³-hybridized carbons (Fsp3) is 0.867. The average molecular weight is 297 g/mol. The van der Waals surface area contributed by atoms with Crippen LogP contribution in [0.2, 0.25) is 0 Å². The Balaban J connectivity index is 1.81. The van der Waals surface area contributed by atoms with Crippen LogP contribution in [0, 0.1) is 0 Å². The van der Waals surface area contributed by atoms with Gasteiger partial charge in [0.1, 0.15) is 0 Å². The Bertz CT molecular complexity index is 375. The molecular weight excluding hydrogens is 270 g/mol. The number of amides is 2. The summed E-state index contributed by atoms with van der Waals surface area (Å²) < 4.78 is 0. The van der Waals surface area contributed by atoms with Crippen molar-refractivity contribution in [3.63, 3.8) is 0 Å². The van der Waals surface area contributed by atoms with Crippen molar-refractivity contribution in [2.45, 2.75) is 57.0 Å². The zero-order valence-corrected chi connectivity index (χ0v) is 12.9. The largest absolute Gasteiger partial charge is 0.481 e. The van der Waals surface area contributed by atoms with Crippen molar-refractivity contribution < 1.29 is 14.7 Å². The number of hydrogen-bond acceptors (Lipinski definition) is 3. The lowest BCUT2D eigenvalue weighted by Crippen LogP contribution is -2.51. The second-order valence-corrected chi connectivity index (χ2v) is 6.24. The maximum atomic E-state index is 12.4. The molecule has 0 aromatic heterocycles. The molecule has 0 saturated carbocycles. The van der Waals surface area contributed by atoms with Crippen molar-refractivity contribution >= 4 is 12.0 Å². The summed E-state index contributed by atoms with van der Waals surface area (Å²) in [5.74, 6) is -0.784. The van der Waals surface area contributed by atoms with Crippen LogP contribution in [0.4, 0.5) is 4.79 Å². The van der Waals surface area contributed by atoms with Gasteiger partial charge in [-0.2, -0.15) is 0 Å². The van der Waals surface area contributed by atoms with Gasteiger partial charge >= 0.3 is 12.0 Å². The van der Waals surface area contributed by atoms with E-state index in [1.54, 1.807) is 0 Å². The molecule has 2 N–H and O–H groups in total. The van der Waals surface area contributed by atoms with Crippen molar-refractivity contribution in [3.8, 4) is 0 Å². The maximum Gasteiger partial charge on any atom is 0.317 e. The normalized spacial score (nSPS) is 26.8. The van der Waals surface area contributed by atoms with E-state index in [2.05, 4.69) is 17.3 Å². The van der Waals surface area contributed by atoms with Gasteiger partial charge in [0, 0.05) is 31.6 Å². The number of aliphatic carboxylic acids is 1. The lowest BCUT2D eigenvalue weighted by molar-refractivity contribution is -0.137. The van der Waals surface area contributed by atoms with E-state index >= 15 is 0 Å². The zero-order chi connectivity index (χ0) is 15.2. The second-order valence-electron chi connectivity index (χ2n) is 6.24. The molecule has 21 heavy (non-hydrogen) atoms. The predicted molar refractivity (Wildman–Crippen MR) is 80.3 cm³/mol. The van der Waals surface area contributed by atoms with Crippen LogP contribution in [0.15, 0.2) is 0 Å². The fourth-order valence-corrected chi connectivity index (χ4v) is 3.40. The molecule has 0 aromatic rings. The summed E-state index contributed by atoms with van der Waals surface area (Å²) in [6, 6.07) is 0.498. The Morgan fingerprint density at radius 1 is 1.14 bits per heavy atom. The number of urea groups is 1. The minimum Gasteiger partial charge on any atom is -0.481 e. The Kier molecular flexibility index (Phi) is 5.85. The first-order chi connectivity index (χ1) is 10.1. The Labute approximate surface area is 126 Å². The summed E-state index contributed by atoms with van der Waals surface area (Å²) in [6.45, 7) is 2.54. The Morgan fingerprint density at radius 2 is 1.90 bits per heavy atom. The Morgan fingerprint density at radius 3 is 2.57 bits per heavy atom. The molecule has 0 aromatic carbocycles. The lowest BCUT2D eigenvalue weighted by atomic mass is 9.98. The Hall–Kier alpha value is -1.30. The summed E-state index contributed by atoms with van der Waals surface area (Å²) in [5, 5.41) is 11.9. The number of carboxylic acids is 1. The summed E-state index contributed by atoms with van der Waals surface area (Å²) in [5.41, 5.74) is 0. The van der Waals surface area contributed by atoms with E-state index in [0.29, 0.717) is 19.0 Å². The molecule has 0 aliphatic carbocycles. The number of nitrogens with one attached hydrogen (secondary N) is 1. The van der Waals surface area contributed by atoms with Crippen LogP contribution < -0.4 is 5.32 Å². The standard InChI is InChI=1S/C15H27N3O3/c1-17-9-4-6-13(17)11-16-15(21)18-10-3-2-5-12(18)7-8-14(19)20/h12-13H,2-11H2,1H3,(H,16,21)(H,19,20). The van der Waals surface area contributed by atoms with E-state index in [-0.39, 0.29) is 18.5 Å². The molecule has 2 heterocycles. The minimum absolute atomic E-state index is 0.0228. The SMILES string of the molecule is CN1CCCC1CNC(=O)N1CCCCC1CCC(=O)O. The minimum atomic E-state index is -0.784. The van der Waals surface area contributed by atoms with Gasteiger partial charge in [-0.05, 0) is 52.1 Å². The summed E-state index contributed by atoms with van der Waals surface area (Å²) in [7, 11) is 2.10.